The van der Waals surface area contributed by atoms with E-state index in [1.807, 2.05) is 24.3 Å². The molecule has 0 saturated carbocycles. The van der Waals surface area contributed by atoms with Crippen molar-refractivity contribution in [2.75, 3.05) is 26.2 Å². The molecule has 1 aliphatic heterocycles. The van der Waals surface area contributed by atoms with Crippen LogP contribution in [0.4, 0.5) is 0 Å². The number of phenolic OH excluding ortho intramolecular Hbond substituents is 1. The van der Waals surface area contributed by atoms with Gasteiger partial charge < -0.3 is 20.3 Å². The Balaban J connectivity index is 1.25. The molecule has 5 nitrogen and oxygen atoms in total. The van der Waals surface area contributed by atoms with Crippen LogP contribution in [0.1, 0.15) is 82.6 Å². The molecule has 1 aliphatic rings. The van der Waals surface area contributed by atoms with Crippen LogP contribution in [0, 0.1) is 0 Å². The molecular formula is C34H45N3O2. The van der Waals surface area contributed by atoms with Crippen molar-refractivity contribution in [3.63, 3.8) is 0 Å². The number of para-hydroxylation sites is 1. The molecule has 1 fully saturated rings. The highest BCUT2D eigenvalue weighted by Gasteiger charge is 2.26. The molecule has 2 heterocycles. The highest BCUT2D eigenvalue weighted by Crippen LogP contribution is 2.40. The topological polar surface area (TPSA) is 68.4 Å². The number of rotatable bonds is 7. The average Bonchev–Trinajstić information content (AvgIpc) is 3.30. The van der Waals surface area contributed by atoms with Gasteiger partial charge in [-0.2, -0.15) is 0 Å². The van der Waals surface area contributed by atoms with Crippen molar-refractivity contribution in [2.45, 2.75) is 71.1 Å². The monoisotopic (exact) mass is 527 g/mol. The van der Waals surface area contributed by atoms with Gasteiger partial charge in [0.15, 0.2) is 0 Å². The van der Waals surface area contributed by atoms with Gasteiger partial charge in [-0.25, -0.2) is 0 Å². The first-order valence-electron chi connectivity index (χ1n) is 14.2. The van der Waals surface area contributed by atoms with Crippen LogP contribution in [-0.4, -0.2) is 47.1 Å². The summed E-state index contributed by atoms with van der Waals surface area (Å²) in [6.07, 6.45) is 11.7. The number of nitrogens with zero attached hydrogens (tertiary/aromatic N) is 1. The lowest BCUT2D eigenvalue weighted by Gasteiger charge is -2.31. The minimum absolute atomic E-state index is 0.0789. The van der Waals surface area contributed by atoms with E-state index < -0.39 is 0 Å². The number of nitrogens with one attached hydrogen (secondary N) is 2. The lowest BCUT2D eigenvalue weighted by Crippen LogP contribution is -2.38. The van der Waals surface area contributed by atoms with Crippen LogP contribution in [0.3, 0.4) is 0 Å². The summed E-state index contributed by atoms with van der Waals surface area (Å²) in [5, 5.41) is 15.3. The molecule has 1 amide bonds. The van der Waals surface area contributed by atoms with Gasteiger partial charge >= 0.3 is 0 Å². The van der Waals surface area contributed by atoms with Gasteiger partial charge in [0.2, 0.25) is 5.91 Å². The van der Waals surface area contributed by atoms with Gasteiger partial charge in [-0.1, -0.05) is 78.0 Å². The number of phenols is 1. The molecule has 0 aliphatic carbocycles. The Morgan fingerprint density at radius 3 is 2.31 bits per heavy atom. The van der Waals surface area contributed by atoms with E-state index in [9.17, 15) is 9.90 Å². The van der Waals surface area contributed by atoms with Crippen molar-refractivity contribution in [1.82, 2.24) is 15.2 Å². The average molecular weight is 528 g/mol. The van der Waals surface area contributed by atoms with Crippen molar-refractivity contribution in [3.05, 3.63) is 83.1 Å². The molecule has 1 aromatic heterocycles. The molecule has 3 aromatic rings. The quantitative estimate of drug-likeness (QED) is 0.228. The largest absolute Gasteiger partial charge is 0.507 e. The van der Waals surface area contributed by atoms with Crippen LogP contribution in [0.25, 0.3) is 17.0 Å². The van der Waals surface area contributed by atoms with E-state index in [-0.39, 0.29) is 16.7 Å². The zero-order valence-corrected chi connectivity index (χ0v) is 24.5. The summed E-state index contributed by atoms with van der Waals surface area (Å²) in [7, 11) is 0. The maximum absolute atomic E-state index is 12.4. The fraction of sp³-hybridized carbons (Fsp3) is 0.441. The molecule has 0 atom stereocenters. The van der Waals surface area contributed by atoms with Crippen molar-refractivity contribution in [2.24, 2.45) is 0 Å². The van der Waals surface area contributed by atoms with Gasteiger partial charge in [0, 0.05) is 47.4 Å². The predicted molar refractivity (Wildman–Crippen MR) is 163 cm³/mol. The lowest BCUT2D eigenvalue weighted by atomic mass is 9.78. The Labute approximate surface area is 234 Å². The number of likely N-dealkylation sites (tertiary alicyclic amines) is 1. The summed E-state index contributed by atoms with van der Waals surface area (Å²) in [5.74, 6) is 0.892. The fourth-order valence-electron chi connectivity index (χ4n) is 5.50. The van der Waals surface area contributed by atoms with E-state index in [4.69, 9.17) is 0 Å². The molecule has 5 heteroatoms. The van der Waals surface area contributed by atoms with Crippen LogP contribution in [0.5, 0.6) is 5.75 Å². The first kappa shape index (κ1) is 28.7. The number of allylic oxidation sites excluding steroid dienone is 2. The molecule has 0 bridgehead atoms. The number of H-pyrrole nitrogens is 1. The number of aromatic nitrogens is 1. The van der Waals surface area contributed by atoms with Gasteiger partial charge in [-0.15, -0.1) is 0 Å². The van der Waals surface area contributed by atoms with Gasteiger partial charge in [0.05, 0.1) is 0 Å². The zero-order valence-electron chi connectivity index (χ0n) is 24.5. The van der Waals surface area contributed by atoms with Crippen LogP contribution in [0.15, 0.2) is 60.8 Å². The number of aromatic hydroxyl groups is 1. The molecule has 0 radical (unpaired) electrons. The minimum atomic E-state index is -0.171. The minimum Gasteiger partial charge on any atom is -0.507 e. The van der Waals surface area contributed by atoms with E-state index in [1.54, 1.807) is 12.2 Å². The third kappa shape index (κ3) is 7.21. The summed E-state index contributed by atoms with van der Waals surface area (Å²) in [6, 6.07) is 12.6. The SMILES string of the molecule is CC(C)(C)c1cc(C=CC=CC(=O)NCCN2CCC(c3c[nH]c4ccccc34)CC2)cc(C(C)(C)C)c1O. The Morgan fingerprint density at radius 1 is 1.03 bits per heavy atom. The first-order chi connectivity index (χ1) is 18.4. The Hall–Kier alpha value is -3.31. The van der Waals surface area contributed by atoms with Gasteiger partial charge in [0.25, 0.3) is 0 Å². The smallest absolute Gasteiger partial charge is 0.244 e. The van der Waals surface area contributed by atoms with E-state index in [1.165, 1.54) is 16.5 Å². The van der Waals surface area contributed by atoms with Crippen molar-refractivity contribution in [1.29, 1.82) is 0 Å². The number of amides is 1. The predicted octanol–water partition coefficient (Wildman–Crippen LogP) is 7.03. The second-order valence-electron chi connectivity index (χ2n) is 12.9. The normalized spacial score (nSPS) is 16.1. The standard InChI is InChI=1S/C34H45N3O2/c1-33(2,3)28-21-24(22-29(32(28)39)34(4,5)6)11-7-10-14-31(38)35-17-20-37-18-15-25(16-19-37)27-23-36-30-13-9-8-12-26(27)30/h7-14,21-23,25,36,39H,15-20H2,1-6H3,(H,35,38). The van der Waals surface area contributed by atoms with E-state index >= 15 is 0 Å². The van der Waals surface area contributed by atoms with Crippen molar-refractivity contribution < 1.29 is 9.90 Å². The molecule has 0 unspecified atom stereocenters. The molecule has 39 heavy (non-hydrogen) atoms. The first-order valence-corrected chi connectivity index (χ1v) is 14.2. The molecule has 1 saturated heterocycles. The summed E-state index contributed by atoms with van der Waals surface area (Å²) < 4.78 is 0. The van der Waals surface area contributed by atoms with Crippen LogP contribution < -0.4 is 5.32 Å². The molecule has 2 aromatic carbocycles. The lowest BCUT2D eigenvalue weighted by molar-refractivity contribution is -0.116. The van der Waals surface area contributed by atoms with Crippen LogP contribution >= 0.6 is 0 Å². The summed E-state index contributed by atoms with van der Waals surface area (Å²) in [4.78, 5) is 18.2. The van der Waals surface area contributed by atoms with Gasteiger partial charge in [0.1, 0.15) is 5.75 Å². The third-order valence-corrected chi connectivity index (χ3v) is 7.77. The van der Waals surface area contributed by atoms with Crippen LogP contribution in [0.2, 0.25) is 0 Å². The molecule has 4 rings (SSSR count). The molecule has 208 valence electrons. The number of hydrogen-bond donors (Lipinski definition) is 3. The zero-order chi connectivity index (χ0) is 28.2. The fourth-order valence-corrected chi connectivity index (χ4v) is 5.50. The highest BCUT2D eigenvalue weighted by atomic mass is 16.3. The van der Waals surface area contributed by atoms with E-state index in [0.29, 0.717) is 18.2 Å². The molecule has 3 N–H and O–H groups in total. The molecular weight excluding hydrogens is 482 g/mol. The number of hydrogen-bond acceptors (Lipinski definition) is 3. The Kier molecular flexibility index (Phi) is 8.70. The maximum atomic E-state index is 12.4. The summed E-state index contributed by atoms with van der Waals surface area (Å²) >= 11 is 0. The van der Waals surface area contributed by atoms with E-state index in [0.717, 1.165) is 49.2 Å². The summed E-state index contributed by atoms with van der Waals surface area (Å²) in [6.45, 7) is 16.3. The number of fused-ring (bicyclic) bond motifs is 1. The number of piperidine rings is 1. The van der Waals surface area contributed by atoms with Crippen LogP contribution in [-0.2, 0) is 15.6 Å². The number of carbonyl (C=O) groups excluding carboxylic acids is 1. The highest BCUT2D eigenvalue weighted by molar-refractivity contribution is 5.88. The summed E-state index contributed by atoms with van der Waals surface area (Å²) in [5.41, 5.74) is 5.19. The second-order valence-corrected chi connectivity index (χ2v) is 12.9. The van der Waals surface area contributed by atoms with Crippen molar-refractivity contribution >= 4 is 22.9 Å². The van der Waals surface area contributed by atoms with Gasteiger partial charge in [-0.3, -0.25) is 4.79 Å². The van der Waals surface area contributed by atoms with Crippen molar-refractivity contribution in [3.8, 4) is 5.75 Å². The van der Waals surface area contributed by atoms with Gasteiger partial charge in [-0.05, 0) is 72.0 Å². The number of carbonyl (C=O) groups is 1. The third-order valence-electron chi connectivity index (χ3n) is 7.77. The maximum Gasteiger partial charge on any atom is 0.244 e. The second kappa shape index (κ2) is 11.8. The number of benzene rings is 2. The van der Waals surface area contributed by atoms with E-state index in [2.05, 4.69) is 87.2 Å². The Morgan fingerprint density at radius 2 is 1.67 bits per heavy atom. The number of aromatic amines is 1. The molecule has 0 spiro atoms. The Bertz CT molecular complexity index is 1310.